The fourth-order valence-electron chi connectivity index (χ4n) is 1.56. The van der Waals surface area contributed by atoms with Crippen LogP contribution < -0.4 is 4.90 Å². The highest BCUT2D eigenvalue weighted by Crippen LogP contribution is 2.26. The van der Waals surface area contributed by atoms with E-state index in [1.165, 1.54) is 12.1 Å². The van der Waals surface area contributed by atoms with Gasteiger partial charge in [0.05, 0.1) is 6.10 Å². The van der Waals surface area contributed by atoms with Crippen molar-refractivity contribution in [2.45, 2.75) is 13.0 Å². The monoisotopic (exact) mass is 243 g/mol. The number of anilines is 1. The zero-order valence-corrected chi connectivity index (χ0v) is 10.7. The van der Waals surface area contributed by atoms with Crippen LogP contribution in [0.3, 0.4) is 0 Å². The van der Waals surface area contributed by atoms with E-state index in [2.05, 4.69) is 0 Å². The summed E-state index contributed by atoms with van der Waals surface area (Å²) in [4.78, 5) is 2.04. The first-order chi connectivity index (χ1) is 7.56. The first-order valence-corrected chi connectivity index (χ1v) is 6.63. The van der Waals surface area contributed by atoms with Crippen LogP contribution in [0.15, 0.2) is 18.2 Å². The van der Waals surface area contributed by atoms with Gasteiger partial charge in [-0.25, -0.2) is 4.39 Å². The maximum atomic E-state index is 13.1. The van der Waals surface area contributed by atoms with E-state index in [1.54, 1.807) is 24.8 Å². The van der Waals surface area contributed by atoms with E-state index in [0.717, 1.165) is 18.0 Å². The minimum absolute atomic E-state index is 0.307. The quantitative estimate of drug-likeness (QED) is 0.860. The number of benzene rings is 1. The Morgan fingerprint density at radius 3 is 2.75 bits per heavy atom. The van der Waals surface area contributed by atoms with Crippen LogP contribution in [0.2, 0.25) is 0 Å². The van der Waals surface area contributed by atoms with Crippen molar-refractivity contribution < 1.29 is 9.50 Å². The van der Waals surface area contributed by atoms with E-state index < -0.39 is 6.10 Å². The lowest BCUT2D eigenvalue weighted by atomic mass is 10.1. The van der Waals surface area contributed by atoms with Crippen molar-refractivity contribution >= 4 is 17.4 Å². The highest BCUT2D eigenvalue weighted by Gasteiger charge is 2.12. The summed E-state index contributed by atoms with van der Waals surface area (Å²) in [5.74, 6) is 0.700. The van der Waals surface area contributed by atoms with Gasteiger partial charge in [0.1, 0.15) is 5.82 Å². The molecule has 1 rings (SSSR count). The van der Waals surface area contributed by atoms with Gasteiger partial charge in [-0.1, -0.05) is 0 Å². The van der Waals surface area contributed by atoms with Crippen molar-refractivity contribution in [3.8, 4) is 0 Å². The molecule has 0 aliphatic carbocycles. The number of nitrogens with zero attached hydrogens (tertiary/aromatic N) is 1. The molecule has 0 spiro atoms. The molecule has 1 unspecified atom stereocenters. The Bertz CT molecular complexity index is 344. The fraction of sp³-hybridized carbons (Fsp3) is 0.500. The van der Waals surface area contributed by atoms with Gasteiger partial charge in [-0.15, -0.1) is 0 Å². The number of aliphatic hydroxyl groups excluding tert-OH is 1. The molecule has 0 aromatic heterocycles. The number of hydrogen-bond acceptors (Lipinski definition) is 3. The molecule has 0 radical (unpaired) electrons. The Morgan fingerprint density at radius 2 is 2.19 bits per heavy atom. The van der Waals surface area contributed by atoms with Gasteiger partial charge < -0.3 is 10.0 Å². The highest BCUT2D eigenvalue weighted by atomic mass is 32.2. The molecule has 4 heteroatoms. The highest BCUT2D eigenvalue weighted by molar-refractivity contribution is 7.98. The lowest BCUT2D eigenvalue weighted by Gasteiger charge is -2.23. The molecular formula is C12H18FNOS. The van der Waals surface area contributed by atoms with Crippen LogP contribution in [0.5, 0.6) is 0 Å². The van der Waals surface area contributed by atoms with Gasteiger partial charge >= 0.3 is 0 Å². The second-order valence-corrected chi connectivity index (χ2v) is 4.78. The molecule has 0 aliphatic heterocycles. The third-order valence-electron chi connectivity index (χ3n) is 2.48. The van der Waals surface area contributed by atoms with Gasteiger partial charge in [0.25, 0.3) is 0 Å². The Labute approximate surface area is 100 Å². The van der Waals surface area contributed by atoms with Crippen LogP contribution in [0.4, 0.5) is 10.1 Å². The van der Waals surface area contributed by atoms with Crippen molar-refractivity contribution in [3.05, 3.63) is 29.6 Å². The number of aliphatic hydroxyl groups is 1. The zero-order valence-electron chi connectivity index (χ0n) is 9.90. The molecule has 2 nitrogen and oxygen atoms in total. The van der Waals surface area contributed by atoms with Crippen molar-refractivity contribution in [1.82, 2.24) is 0 Å². The molecule has 16 heavy (non-hydrogen) atoms. The van der Waals surface area contributed by atoms with Crippen LogP contribution in [0.1, 0.15) is 18.6 Å². The lowest BCUT2D eigenvalue weighted by molar-refractivity contribution is 0.199. The maximum absolute atomic E-state index is 13.1. The molecule has 1 aromatic carbocycles. The number of rotatable bonds is 5. The molecule has 0 aliphatic rings. The first-order valence-electron chi connectivity index (χ1n) is 5.24. The predicted molar refractivity (Wildman–Crippen MR) is 68.7 cm³/mol. The van der Waals surface area contributed by atoms with Crippen LogP contribution in [0, 0.1) is 5.82 Å². The van der Waals surface area contributed by atoms with Crippen molar-refractivity contribution in [3.63, 3.8) is 0 Å². The van der Waals surface area contributed by atoms with Crippen LogP contribution >= 0.6 is 11.8 Å². The average molecular weight is 243 g/mol. The summed E-state index contributed by atoms with van der Waals surface area (Å²) in [6, 6.07) is 4.55. The van der Waals surface area contributed by atoms with E-state index in [9.17, 15) is 9.50 Å². The summed E-state index contributed by atoms with van der Waals surface area (Å²) in [5.41, 5.74) is 1.54. The van der Waals surface area contributed by atoms with Crippen LogP contribution in [-0.4, -0.2) is 30.7 Å². The summed E-state index contributed by atoms with van der Waals surface area (Å²) in [6.45, 7) is 2.53. The lowest BCUT2D eigenvalue weighted by Crippen LogP contribution is -2.22. The largest absolute Gasteiger partial charge is 0.389 e. The zero-order chi connectivity index (χ0) is 12.1. The normalized spacial score (nSPS) is 12.6. The Hall–Kier alpha value is -0.740. The van der Waals surface area contributed by atoms with Crippen molar-refractivity contribution in [2.24, 2.45) is 0 Å². The third kappa shape index (κ3) is 3.39. The second-order valence-electron chi connectivity index (χ2n) is 3.79. The van der Waals surface area contributed by atoms with Gasteiger partial charge in [-0.05, 0) is 31.4 Å². The van der Waals surface area contributed by atoms with E-state index in [0.29, 0.717) is 5.56 Å². The van der Waals surface area contributed by atoms with E-state index in [1.807, 2.05) is 18.2 Å². The smallest absolute Gasteiger partial charge is 0.123 e. The van der Waals surface area contributed by atoms with Crippen LogP contribution in [-0.2, 0) is 0 Å². The number of halogens is 1. The van der Waals surface area contributed by atoms with E-state index in [4.69, 9.17) is 0 Å². The molecule has 1 N–H and O–H groups in total. The first kappa shape index (κ1) is 13.3. The SMILES string of the molecule is CSCCN(C)c1ccc(F)cc1C(C)O. The summed E-state index contributed by atoms with van der Waals surface area (Å²) in [6.07, 6.45) is 1.40. The molecule has 0 saturated carbocycles. The Kier molecular flexibility index (Phi) is 5.09. The predicted octanol–water partition coefficient (Wildman–Crippen LogP) is 2.68. The summed E-state index contributed by atoms with van der Waals surface area (Å²) >= 11 is 1.76. The Balaban J connectivity index is 2.93. The second kappa shape index (κ2) is 6.11. The summed E-state index contributed by atoms with van der Waals surface area (Å²) in [7, 11) is 1.95. The molecule has 1 atom stereocenters. The van der Waals surface area contributed by atoms with Gasteiger partial charge in [0.2, 0.25) is 0 Å². The maximum Gasteiger partial charge on any atom is 0.123 e. The Morgan fingerprint density at radius 1 is 1.50 bits per heavy atom. The minimum Gasteiger partial charge on any atom is -0.389 e. The standard InChI is InChI=1S/C12H18FNOS/c1-9(15)11-8-10(13)4-5-12(11)14(2)6-7-16-3/h4-5,8-9,15H,6-7H2,1-3H3. The van der Waals surface area contributed by atoms with E-state index >= 15 is 0 Å². The summed E-state index contributed by atoms with van der Waals surface area (Å²) in [5, 5.41) is 9.60. The molecule has 90 valence electrons. The molecule has 0 saturated heterocycles. The number of thioether (sulfide) groups is 1. The minimum atomic E-state index is -0.651. The molecule has 0 fully saturated rings. The molecule has 1 aromatic rings. The van der Waals surface area contributed by atoms with Gasteiger partial charge in [0, 0.05) is 30.6 Å². The molecule has 0 amide bonds. The van der Waals surface area contributed by atoms with Gasteiger partial charge in [-0.2, -0.15) is 11.8 Å². The average Bonchev–Trinajstić information content (AvgIpc) is 2.25. The molecule has 0 bridgehead atoms. The number of hydrogen-bond donors (Lipinski definition) is 1. The fourth-order valence-corrected chi connectivity index (χ4v) is 2.01. The summed E-state index contributed by atoms with van der Waals surface area (Å²) < 4.78 is 13.1. The molecule has 0 heterocycles. The topological polar surface area (TPSA) is 23.5 Å². The van der Waals surface area contributed by atoms with Gasteiger partial charge in [-0.3, -0.25) is 0 Å². The van der Waals surface area contributed by atoms with E-state index in [-0.39, 0.29) is 5.82 Å². The van der Waals surface area contributed by atoms with Crippen molar-refractivity contribution in [2.75, 3.05) is 30.5 Å². The van der Waals surface area contributed by atoms with Crippen LogP contribution in [0.25, 0.3) is 0 Å². The van der Waals surface area contributed by atoms with Crippen molar-refractivity contribution in [1.29, 1.82) is 0 Å². The third-order valence-corrected chi connectivity index (χ3v) is 3.07. The molecular weight excluding hydrogens is 225 g/mol. The van der Waals surface area contributed by atoms with Gasteiger partial charge in [0.15, 0.2) is 0 Å².